The maximum absolute atomic E-state index is 9.19. The normalized spacial score (nSPS) is 36.1. The number of hydrogen-bond acceptors (Lipinski definition) is 3. The zero-order chi connectivity index (χ0) is 14.4. The molecule has 0 aromatic rings. The Kier molecular flexibility index (Phi) is 6.79. The van der Waals surface area contributed by atoms with Crippen LogP contribution in [0.25, 0.3) is 0 Å². The highest BCUT2D eigenvalue weighted by atomic mass is 16.3. The molecule has 0 radical (unpaired) electrons. The molecule has 2 fully saturated rings. The summed E-state index contributed by atoms with van der Waals surface area (Å²) in [5.74, 6) is 2.33. The first kappa shape index (κ1) is 16.3. The smallest absolute Gasteiger partial charge is 0.0434 e. The van der Waals surface area contributed by atoms with Crippen molar-refractivity contribution >= 4 is 0 Å². The summed E-state index contributed by atoms with van der Waals surface area (Å²) in [6.07, 6.45) is 10.4. The van der Waals surface area contributed by atoms with Crippen molar-refractivity contribution in [3.8, 4) is 0 Å². The van der Waals surface area contributed by atoms with E-state index in [1.165, 1.54) is 58.0 Å². The maximum atomic E-state index is 9.19. The van der Waals surface area contributed by atoms with Crippen LogP contribution in [0.3, 0.4) is 0 Å². The molecule has 2 aliphatic rings. The predicted octanol–water partition coefficient (Wildman–Crippen LogP) is 2.62. The molecular formula is C17H34N2O. The van der Waals surface area contributed by atoms with Crippen molar-refractivity contribution in [2.75, 3.05) is 26.2 Å². The Morgan fingerprint density at radius 2 is 2.00 bits per heavy atom. The van der Waals surface area contributed by atoms with E-state index in [1.54, 1.807) is 0 Å². The maximum Gasteiger partial charge on any atom is 0.0434 e. The van der Waals surface area contributed by atoms with Crippen LogP contribution < -0.4 is 5.73 Å². The Balaban J connectivity index is 1.94. The number of nitrogens with zero attached hydrogens (tertiary/aromatic N) is 1. The first-order valence-electron chi connectivity index (χ1n) is 8.83. The van der Waals surface area contributed by atoms with Gasteiger partial charge in [0.2, 0.25) is 0 Å². The fourth-order valence-corrected chi connectivity index (χ4v) is 4.50. The van der Waals surface area contributed by atoms with Crippen molar-refractivity contribution in [2.24, 2.45) is 23.5 Å². The molecule has 3 N–H and O–H groups in total. The number of hydrogen-bond donors (Lipinski definition) is 2. The van der Waals surface area contributed by atoms with Gasteiger partial charge in [-0.3, -0.25) is 4.90 Å². The molecule has 4 unspecified atom stereocenters. The van der Waals surface area contributed by atoms with Crippen LogP contribution in [0.2, 0.25) is 0 Å². The second-order valence-electron chi connectivity index (χ2n) is 7.05. The molecular weight excluding hydrogens is 248 g/mol. The summed E-state index contributed by atoms with van der Waals surface area (Å²) in [7, 11) is 0. The molecule has 1 saturated heterocycles. The number of likely N-dealkylation sites (tertiary alicyclic amines) is 1. The van der Waals surface area contributed by atoms with Crippen LogP contribution in [0.5, 0.6) is 0 Å². The second kappa shape index (κ2) is 8.35. The zero-order valence-corrected chi connectivity index (χ0v) is 13.3. The Morgan fingerprint density at radius 3 is 2.70 bits per heavy atom. The van der Waals surface area contributed by atoms with Crippen LogP contribution in [-0.2, 0) is 0 Å². The molecule has 0 bridgehead atoms. The third kappa shape index (κ3) is 4.19. The van der Waals surface area contributed by atoms with Gasteiger partial charge in [-0.1, -0.05) is 26.2 Å². The monoisotopic (exact) mass is 282 g/mol. The minimum absolute atomic E-state index is 0.349. The van der Waals surface area contributed by atoms with Gasteiger partial charge >= 0.3 is 0 Å². The molecule has 1 aliphatic heterocycles. The predicted molar refractivity (Wildman–Crippen MR) is 84.6 cm³/mol. The average Bonchev–Trinajstić information content (AvgIpc) is 2.48. The average molecular weight is 282 g/mol. The molecule has 2 rings (SSSR count). The van der Waals surface area contributed by atoms with Crippen LogP contribution in [0.15, 0.2) is 0 Å². The number of aliphatic hydroxyl groups excluding tert-OH is 1. The van der Waals surface area contributed by atoms with E-state index in [2.05, 4.69) is 11.8 Å². The first-order valence-corrected chi connectivity index (χ1v) is 8.83. The quantitative estimate of drug-likeness (QED) is 0.787. The second-order valence-corrected chi connectivity index (χ2v) is 7.05. The summed E-state index contributed by atoms with van der Waals surface area (Å²) < 4.78 is 0. The van der Waals surface area contributed by atoms with Crippen molar-refractivity contribution in [3.05, 3.63) is 0 Å². The lowest BCUT2D eigenvalue weighted by atomic mass is 9.75. The molecule has 1 heterocycles. The molecule has 1 saturated carbocycles. The molecule has 0 aromatic carbocycles. The highest BCUT2D eigenvalue weighted by molar-refractivity contribution is 4.89. The molecule has 0 spiro atoms. The molecule has 3 nitrogen and oxygen atoms in total. The standard InChI is InChI=1S/C17H34N2O/c1-2-4-14-6-7-16(12-18)17(11-14)19-9-3-5-15(13-19)8-10-20/h14-17,20H,2-13,18H2,1H3. The van der Waals surface area contributed by atoms with Crippen molar-refractivity contribution in [2.45, 2.75) is 64.3 Å². The summed E-state index contributed by atoms with van der Waals surface area (Å²) in [4.78, 5) is 2.73. The summed E-state index contributed by atoms with van der Waals surface area (Å²) in [6.45, 7) is 5.96. The van der Waals surface area contributed by atoms with E-state index in [1.807, 2.05) is 0 Å². The van der Waals surface area contributed by atoms with E-state index in [0.717, 1.165) is 18.9 Å². The van der Waals surface area contributed by atoms with E-state index < -0.39 is 0 Å². The van der Waals surface area contributed by atoms with Gasteiger partial charge in [0.25, 0.3) is 0 Å². The molecule has 0 aromatic heterocycles. The molecule has 0 amide bonds. The van der Waals surface area contributed by atoms with Gasteiger partial charge in [-0.05, 0) is 62.9 Å². The first-order chi connectivity index (χ1) is 9.78. The van der Waals surface area contributed by atoms with Gasteiger partial charge in [0.15, 0.2) is 0 Å². The Bertz CT molecular complexity index is 270. The van der Waals surface area contributed by atoms with Gasteiger partial charge in [-0.2, -0.15) is 0 Å². The van der Waals surface area contributed by atoms with Gasteiger partial charge < -0.3 is 10.8 Å². The minimum Gasteiger partial charge on any atom is -0.396 e. The van der Waals surface area contributed by atoms with Gasteiger partial charge in [0.1, 0.15) is 0 Å². The summed E-state index contributed by atoms with van der Waals surface area (Å²) in [5.41, 5.74) is 6.05. The summed E-state index contributed by atoms with van der Waals surface area (Å²) in [6, 6.07) is 0.715. The van der Waals surface area contributed by atoms with E-state index in [0.29, 0.717) is 24.5 Å². The summed E-state index contributed by atoms with van der Waals surface area (Å²) in [5, 5.41) is 9.19. The Hall–Kier alpha value is -0.120. The van der Waals surface area contributed by atoms with Gasteiger partial charge in [0, 0.05) is 19.2 Å². The lowest BCUT2D eigenvalue weighted by Crippen LogP contribution is -2.50. The van der Waals surface area contributed by atoms with Gasteiger partial charge in [0.05, 0.1) is 0 Å². The SMILES string of the molecule is CCCC1CCC(CN)C(N2CCCC(CCO)C2)C1. The van der Waals surface area contributed by atoms with Crippen LogP contribution in [0, 0.1) is 17.8 Å². The number of rotatable bonds is 6. The molecule has 118 valence electrons. The summed E-state index contributed by atoms with van der Waals surface area (Å²) >= 11 is 0. The van der Waals surface area contributed by atoms with Crippen LogP contribution in [0.1, 0.15) is 58.3 Å². The van der Waals surface area contributed by atoms with Crippen molar-refractivity contribution in [1.29, 1.82) is 0 Å². The highest BCUT2D eigenvalue weighted by Gasteiger charge is 2.35. The third-order valence-electron chi connectivity index (χ3n) is 5.62. The highest BCUT2D eigenvalue weighted by Crippen LogP contribution is 2.36. The third-order valence-corrected chi connectivity index (χ3v) is 5.62. The molecule has 4 atom stereocenters. The van der Waals surface area contributed by atoms with Crippen LogP contribution in [-0.4, -0.2) is 42.3 Å². The van der Waals surface area contributed by atoms with Crippen molar-refractivity contribution < 1.29 is 5.11 Å². The Labute approximate surface area is 124 Å². The van der Waals surface area contributed by atoms with Crippen molar-refractivity contribution in [3.63, 3.8) is 0 Å². The molecule has 3 heteroatoms. The van der Waals surface area contributed by atoms with Crippen LogP contribution >= 0.6 is 0 Å². The van der Waals surface area contributed by atoms with Crippen LogP contribution in [0.4, 0.5) is 0 Å². The largest absolute Gasteiger partial charge is 0.396 e. The van der Waals surface area contributed by atoms with E-state index in [9.17, 15) is 5.11 Å². The zero-order valence-electron chi connectivity index (χ0n) is 13.3. The van der Waals surface area contributed by atoms with E-state index in [-0.39, 0.29) is 0 Å². The fraction of sp³-hybridized carbons (Fsp3) is 1.00. The fourth-order valence-electron chi connectivity index (χ4n) is 4.50. The van der Waals surface area contributed by atoms with E-state index >= 15 is 0 Å². The minimum atomic E-state index is 0.349. The number of piperidine rings is 1. The van der Waals surface area contributed by atoms with Crippen molar-refractivity contribution in [1.82, 2.24) is 4.90 Å². The van der Waals surface area contributed by atoms with Gasteiger partial charge in [-0.15, -0.1) is 0 Å². The number of aliphatic hydroxyl groups is 1. The molecule has 20 heavy (non-hydrogen) atoms. The lowest BCUT2D eigenvalue weighted by Gasteiger charge is -2.45. The van der Waals surface area contributed by atoms with Gasteiger partial charge in [-0.25, -0.2) is 0 Å². The molecule has 1 aliphatic carbocycles. The topological polar surface area (TPSA) is 49.5 Å². The Morgan fingerprint density at radius 1 is 1.15 bits per heavy atom. The lowest BCUT2D eigenvalue weighted by molar-refractivity contribution is 0.0396. The van der Waals surface area contributed by atoms with E-state index in [4.69, 9.17) is 5.73 Å². The number of nitrogens with two attached hydrogens (primary N) is 1.